The molecule has 1 rings (SSSR count). The van der Waals surface area contributed by atoms with Crippen LogP contribution in [0.2, 0.25) is 0 Å². The molecule has 0 radical (unpaired) electrons. The van der Waals surface area contributed by atoms with Crippen molar-refractivity contribution >= 4 is 21.4 Å². The van der Waals surface area contributed by atoms with E-state index in [0.29, 0.717) is 18.8 Å². The number of anilines is 1. The highest BCUT2D eigenvalue weighted by Crippen LogP contribution is 2.29. The normalized spacial score (nSPS) is 11.9. The Hall–Kier alpha value is -1.67. The SMILES string of the molecule is CCNc1ccc([N+](=O)[O-])c(S(=O)(=O)N(C)CC(C)C)c1. The first-order valence-electron chi connectivity index (χ1n) is 6.68. The van der Waals surface area contributed by atoms with Crippen molar-refractivity contribution in [3.8, 4) is 0 Å². The predicted octanol–water partition coefficient (Wildman–Crippen LogP) is 2.30. The van der Waals surface area contributed by atoms with Gasteiger partial charge in [0.25, 0.3) is 5.69 Å². The maximum atomic E-state index is 12.5. The van der Waals surface area contributed by atoms with Gasteiger partial charge in [-0.05, 0) is 25.0 Å². The fourth-order valence-corrected chi connectivity index (χ4v) is 3.48. The lowest BCUT2D eigenvalue weighted by atomic mass is 10.2. The molecule has 0 atom stereocenters. The minimum Gasteiger partial charge on any atom is -0.385 e. The van der Waals surface area contributed by atoms with E-state index in [1.54, 1.807) is 0 Å². The van der Waals surface area contributed by atoms with Gasteiger partial charge < -0.3 is 5.32 Å². The first-order valence-corrected chi connectivity index (χ1v) is 8.12. The van der Waals surface area contributed by atoms with E-state index < -0.39 is 20.6 Å². The molecule has 0 aliphatic carbocycles. The number of rotatable bonds is 7. The molecule has 8 heteroatoms. The predicted molar refractivity (Wildman–Crippen MR) is 81.9 cm³/mol. The van der Waals surface area contributed by atoms with Crippen LogP contribution in [0.5, 0.6) is 0 Å². The quantitative estimate of drug-likeness (QED) is 0.615. The summed E-state index contributed by atoms with van der Waals surface area (Å²) in [5.74, 6) is 0.126. The van der Waals surface area contributed by atoms with Crippen molar-refractivity contribution in [3.63, 3.8) is 0 Å². The molecule has 0 spiro atoms. The van der Waals surface area contributed by atoms with E-state index in [4.69, 9.17) is 0 Å². The first-order chi connectivity index (χ1) is 9.70. The number of sulfonamides is 1. The highest BCUT2D eigenvalue weighted by Gasteiger charge is 2.30. The van der Waals surface area contributed by atoms with Crippen molar-refractivity contribution < 1.29 is 13.3 Å². The molecule has 0 bridgehead atoms. The number of hydrogen-bond donors (Lipinski definition) is 1. The fourth-order valence-electron chi connectivity index (χ4n) is 1.97. The monoisotopic (exact) mass is 315 g/mol. The van der Waals surface area contributed by atoms with E-state index in [1.165, 1.54) is 25.2 Å². The van der Waals surface area contributed by atoms with Crippen LogP contribution in [0.4, 0.5) is 11.4 Å². The summed E-state index contributed by atoms with van der Waals surface area (Å²) < 4.78 is 26.2. The molecule has 0 saturated carbocycles. The van der Waals surface area contributed by atoms with Crippen LogP contribution < -0.4 is 5.32 Å². The first kappa shape index (κ1) is 17.4. The molecule has 0 heterocycles. The van der Waals surface area contributed by atoms with E-state index in [1.807, 2.05) is 20.8 Å². The molecule has 0 aromatic heterocycles. The number of nitrogens with one attached hydrogen (secondary N) is 1. The van der Waals surface area contributed by atoms with E-state index in [0.717, 1.165) is 4.31 Å². The Morgan fingerprint density at radius 3 is 2.48 bits per heavy atom. The highest BCUT2D eigenvalue weighted by molar-refractivity contribution is 7.89. The molecular weight excluding hydrogens is 294 g/mol. The van der Waals surface area contributed by atoms with Crippen molar-refractivity contribution in [3.05, 3.63) is 28.3 Å². The zero-order valence-corrected chi connectivity index (χ0v) is 13.5. The van der Waals surface area contributed by atoms with Crippen LogP contribution in [-0.2, 0) is 10.0 Å². The van der Waals surface area contributed by atoms with Gasteiger partial charge in [0.15, 0.2) is 4.90 Å². The van der Waals surface area contributed by atoms with E-state index >= 15 is 0 Å². The number of benzene rings is 1. The minimum atomic E-state index is -3.90. The molecular formula is C13H21N3O4S. The summed E-state index contributed by atoms with van der Waals surface area (Å²) >= 11 is 0. The minimum absolute atomic E-state index is 0.126. The van der Waals surface area contributed by atoms with Gasteiger partial charge in [0.1, 0.15) is 0 Å². The molecule has 0 unspecified atom stereocenters. The summed E-state index contributed by atoms with van der Waals surface area (Å²) in [6, 6.07) is 4.03. The summed E-state index contributed by atoms with van der Waals surface area (Å²) in [5.41, 5.74) is 0.131. The highest BCUT2D eigenvalue weighted by atomic mass is 32.2. The van der Waals surface area contributed by atoms with Crippen molar-refractivity contribution in [2.75, 3.05) is 25.5 Å². The van der Waals surface area contributed by atoms with Crippen molar-refractivity contribution in [2.45, 2.75) is 25.7 Å². The Morgan fingerprint density at radius 2 is 2.00 bits per heavy atom. The van der Waals surface area contributed by atoms with Crippen LogP contribution in [0, 0.1) is 16.0 Å². The van der Waals surface area contributed by atoms with Gasteiger partial charge in [-0.15, -0.1) is 0 Å². The summed E-state index contributed by atoms with van der Waals surface area (Å²) in [7, 11) is -2.47. The Labute approximate surface area is 125 Å². The van der Waals surface area contributed by atoms with Crippen LogP contribution >= 0.6 is 0 Å². The zero-order chi connectivity index (χ0) is 16.2. The van der Waals surface area contributed by atoms with E-state index in [9.17, 15) is 18.5 Å². The topological polar surface area (TPSA) is 92.5 Å². The van der Waals surface area contributed by atoms with Crippen molar-refractivity contribution in [1.29, 1.82) is 0 Å². The van der Waals surface area contributed by atoms with Gasteiger partial charge in [0.2, 0.25) is 10.0 Å². The van der Waals surface area contributed by atoms with Crippen LogP contribution in [0.3, 0.4) is 0 Å². The van der Waals surface area contributed by atoms with Crippen LogP contribution in [0.1, 0.15) is 20.8 Å². The lowest BCUT2D eigenvalue weighted by molar-refractivity contribution is -0.387. The summed E-state index contributed by atoms with van der Waals surface area (Å²) in [6.45, 7) is 6.52. The van der Waals surface area contributed by atoms with Gasteiger partial charge in [0, 0.05) is 31.9 Å². The third-order valence-corrected chi connectivity index (χ3v) is 4.70. The third kappa shape index (κ3) is 4.15. The lowest BCUT2D eigenvalue weighted by Gasteiger charge is -2.19. The van der Waals surface area contributed by atoms with Gasteiger partial charge in [-0.25, -0.2) is 12.7 Å². The standard InChI is InChI=1S/C13H21N3O4S/c1-5-14-11-6-7-12(16(17)18)13(8-11)21(19,20)15(4)9-10(2)3/h6-8,10,14H,5,9H2,1-4H3. The molecule has 0 aliphatic rings. The number of nitro benzene ring substituents is 1. The van der Waals surface area contributed by atoms with Gasteiger partial charge >= 0.3 is 0 Å². The van der Waals surface area contributed by atoms with Crippen molar-refractivity contribution in [1.82, 2.24) is 4.31 Å². The maximum Gasteiger partial charge on any atom is 0.289 e. The largest absolute Gasteiger partial charge is 0.385 e. The smallest absolute Gasteiger partial charge is 0.289 e. The lowest BCUT2D eigenvalue weighted by Crippen LogP contribution is -2.31. The van der Waals surface area contributed by atoms with E-state index in [2.05, 4.69) is 5.32 Å². The number of hydrogen-bond acceptors (Lipinski definition) is 5. The van der Waals surface area contributed by atoms with Gasteiger partial charge in [-0.1, -0.05) is 13.8 Å². The van der Waals surface area contributed by atoms with Crippen LogP contribution in [0.15, 0.2) is 23.1 Å². The Morgan fingerprint density at radius 1 is 1.38 bits per heavy atom. The number of nitrogens with zero attached hydrogens (tertiary/aromatic N) is 2. The second-order valence-electron chi connectivity index (χ2n) is 5.15. The summed E-state index contributed by atoms with van der Waals surface area (Å²) in [4.78, 5) is 10.1. The zero-order valence-electron chi connectivity index (χ0n) is 12.7. The molecule has 1 N–H and O–H groups in total. The maximum absolute atomic E-state index is 12.5. The van der Waals surface area contributed by atoms with Gasteiger partial charge in [-0.2, -0.15) is 0 Å². The molecule has 0 aliphatic heterocycles. The molecule has 118 valence electrons. The summed E-state index contributed by atoms with van der Waals surface area (Å²) in [5, 5.41) is 14.0. The molecule has 0 amide bonds. The molecule has 0 saturated heterocycles. The molecule has 0 fully saturated rings. The summed E-state index contributed by atoms with van der Waals surface area (Å²) in [6.07, 6.45) is 0. The molecule has 1 aromatic rings. The van der Waals surface area contributed by atoms with Crippen molar-refractivity contribution in [2.24, 2.45) is 5.92 Å². The number of nitro groups is 1. The Balaban J connectivity index is 3.36. The molecule has 1 aromatic carbocycles. The average molecular weight is 315 g/mol. The average Bonchev–Trinajstić information content (AvgIpc) is 2.37. The Kier molecular flexibility index (Phi) is 5.68. The molecule has 21 heavy (non-hydrogen) atoms. The second-order valence-corrected chi connectivity index (χ2v) is 7.16. The van der Waals surface area contributed by atoms with Gasteiger partial charge in [-0.3, -0.25) is 10.1 Å². The fraction of sp³-hybridized carbons (Fsp3) is 0.538. The second kappa shape index (κ2) is 6.86. The Bertz CT molecular complexity index is 614. The van der Waals surface area contributed by atoms with E-state index in [-0.39, 0.29) is 10.8 Å². The third-order valence-electron chi connectivity index (χ3n) is 2.85. The van der Waals surface area contributed by atoms with Crippen LogP contribution in [-0.4, -0.2) is 37.8 Å². The van der Waals surface area contributed by atoms with Crippen LogP contribution in [0.25, 0.3) is 0 Å². The van der Waals surface area contributed by atoms with Gasteiger partial charge in [0.05, 0.1) is 4.92 Å². The molecule has 7 nitrogen and oxygen atoms in total.